The van der Waals surface area contributed by atoms with Crippen molar-refractivity contribution in [2.75, 3.05) is 44.9 Å². The van der Waals surface area contributed by atoms with Crippen LogP contribution < -0.4 is 43.1 Å². The molecule has 4 unspecified atom stereocenters. The molecule has 16 atom stereocenters. The molecule has 3 aliphatic rings. The summed E-state index contributed by atoms with van der Waals surface area (Å²) in [5.74, 6) is -1.89. The van der Waals surface area contributed by atoms with Crippen molar-refractivity contribution in [2.45, 2.75) is 80.4 Å². The maximum absolute atomic E-state index is 14.2. The zero-order valence-electron chi connectivity index (χ0n) is 39.4. The smallest absolute Gasteiger partial charge is 0.490 e. The fraction of sp³-hybridized carbons (Fsp3) is 0.571. The first-order chi connectivity index (χ1) is 35.6. The number of hydrogen-bond donors (Lipinski definition) is 11. The molecule has 41 heteroatoms. The number of nitrogen functional groups attached to an aromatic ring is 2. The second-order valence-corrected chi connectivity index (χ2v) is 23.7. The van der Waals surface area contributed by atoms with Crippen LogP contribution in [0, 0.1) is 5.92 Å². The molecule has 0 radical (unpaired) electrons. The van der Waals surface area contributed by atoms with E-state index in [-0.39, 0.29) is 47.1 Å². The van der Waals surface area contributed by atoms with Gasteiger partial charge in [0.2, 0.25) is 17.7 Å². The molecule has 5 aromatic rings. The second-order valence-electron chi connectivity index (χ2n) is 17.1. The highest BCUT2D eigenvalue weighted by atomic mass is 31.3. The molecule has 13 N–H and O–H groups in total. The average molecular weight is 1160 g/mol. The second kappa shape index (κ2) is 22.0. The number of carbonyl (C=O) groups excluding carboxylic acids is 1. The summed E-state index contributed by atoms with van der Waals surface area (Å²) in [7, 11) is -21.2. The van der Waals surface area contributed by atoms with Crippen LogP contribution >= 0.6 is 31.1 Å². The molecule has 37 nitrogen and oxygen atoms in total. The van der Waals surface area contributed by atoms with E-state index < -0.39 is 147 Å². The minimum atomic E-state index is -6.24. The first-order valence-electron chi connectivity index (χ1n) is 22.0. The number of nitrogens with one attached hydrogen (secondary N) is 3. The molecule has 0 aromatic carbocycles. The van der Waals surface area contributed by atoms with Crippen molar-refractivity contribution in [3.63, 3.8) is 0 Å². The van der Waals surface area contributed by atoms with Crippen molar-refractivity contribution in [3.05, 3.63) is 62.4 Å². The predicted molar refractivity (Wildman–Crippen MR) is 245 cm³/mol. The molecule has 8 rings (SSSR count). The number of aryl methyl sites for hydroxylation is 1. The number of aromatic amines is 2. The Labute approximate surface area is 423 Å². The first-order valence-corrected chi connectivity index (χ1v) is 28.1. The highest BCUT2D eigenvalue weighted by Crippen LogP contribution is 2.68. The summed E-state index contributed by atoms with van der Waals surface area (Å²) in [4.78, 5) is 115. The summed E-state index contributed by atoms with van der Waals surface area (Å²) in [6.45, 7) is -2.26. The third-order valence-electron chi connectivity index (χ3n) is 12.1. The molecular formula is C35H49N13O24P4. The lowest BCUT2D eigenvalue weighted by molar-refractivity contribution is -0.745. The number of rotatable bonds is 21. The summed E-state index contributed by atoms with van der Waals surface area (Å²) in [5.41, 5.74) is 7.02. The van der Waals surface area contributed by atoms with Gasteiger partial charge in [0, 0.05) is 38.8 Å². The van der Waals surface area contributed by atoms with Crippen LogP contribution in [0.3, 0.4) is 0 Å². The zero-order chi connectivity index (χ0) is 55.4. The number of carbonyl (C=O) groups is 1. The van der Waals surface area contributed by atoms with Crippen molar-refractivity contribution in [2.24, 2.45) is 13.0 Å². The number of H-pyrrole nitrogens is 2. The molecule has 76 heavy (non-hydrogen) atoms. The van der Waals surface area contributed by atoms with Crippen LogP contribution in [0.15, 0.2) is 45.6 Å². The molecule has 3 saturated heterocycles. The highest BCUT2D eigenvalue weighted by molar-refractivity contribution is 7.66. The third-order valence-corrected chi connectivity index (χ3v) is 18.3. The third kappa shape index (κ3) is 12.0. The number of aliphatic hydroxyl groups is 3. The number of aliphatic hydroxyl groups excluding tert-OH is 3. The van der Waals surface area contributed by atoms with Gasteiger partial charge in [-0.25, -0.2) is 38.0 Å². The molecule has 0 aliphatic carbocycles. The van der Waals surface area contributed by atoms with Gasteiger partial charge in [-0.2, -0.15) is 8.62 Å². The Kier molecular flexibility index (Phi) is 16.5. The number of amides is 1. The number of aromatic nitrogens is 10. The van der Waals surface area contributed by atoms with E-state index in [0.29, 0.717) is 0 Å². The Morgan fingerprint density at radius 3 is 2.18 bits per heavy atom. The lowest BCUT2D eigenvalue weighted by atomic mass is 9.94. The zero-order valence-corrected chi connectivity index (χ0v) is 43.0. The van der Waals surface area contributed by atoms with E-state index in [1.807, 2.05) is 4.98 Å². The van der Waals surface area contributed by atoms with Gasteiger partial charge in [0.05, 0.1) is 51.1 Å². The van der Waals surface area contributed by atoms with Gasteiger partial charge in [-0.15, -0.1) is 0 Å². The number of anilines is 2. The van der Waals surface area contributed by atoms with E-state index in [2.05, 4.69) is 38.9 Å². The number of nitrogens with two attached hydrogens (primary N) is 2. The number of imidazole rings is 2. The van der Waals surface area contributed by atoms with Crippen LogP contribution in [0.5, 0.6) is 0 Å². The van der Waals surface area contributed by atoms with Crippen LogP contribution in [0.25, 0.3) is 22.3 Å². The highest BCUT2D eigenvalue weighted by Gasteiger charge is 2.55. The number of nitrogens with zero attached hydrogens (tertiary/aromatic N) is 8. The van der Waals surface area contributed by atoms with Crippen LogP contribution in [-0.2, 0) is 71.2 Å². The van der Waals surface area contributed by atoms with Crippen LogP contribution in [0.1, 0.15) is 32.0 Å². The largest absolute Gasteiger partial charge is 0.778 e. The fourth-order valence-electron chi connectivity index (χ4n) is 8.83. The minimum absolute atomic E-state index is 0.00918. The summed E-state index contributed by atoms with van der Waals surface area (Å²) < 4.78 is 105. The Bertz CT molecular complexity index is 3370. The van der Waals surface area contributed by atoms with Crippen LogP contribution in [0.2, 0.25) is 0 Å². The number of methoxy groups -OCH3 is 1. The molecule has 3 aliphatic heterocycles. The summed E-state index contributed by atoms with van der Waals surface area (Å²) in [5, 5.41) is 35.4. The van der Waals surface area contributed by atoms with E-state index >= 15 is 0 Å². The molecule has 5 aromatic heterocycles. The first kappa shape index (κ1) is 57.1. The molecule has 3 fully saturated rings. The predicted octanol–water partition coefficient (Wildman–Crippen LogP) is -4.66. The monoisotopic (exact) mass is 1160 g/mol. The molecule has 0 spiro atoms. The number of phosphoric acid groups is 3. The van der Waals surface area contributed by atoms with Gasteiger partial charge >= 0.3 is 34.8 Å². The van der Waals surface area contributed by atoms with E-state index in [0.717, 1.165) is 41.2 Å². The number of hydrogen-bond acceptors (Lipinski definition) is 27. The van der Waals surface area contributed by atoms with Gasteiger partial charge in [-0.3, -0.25) is 47.1 Å². The summed E-state index contributed by atoms with van der Waals surface area (Å²) in [6.07, 6.45) is -12.2. The quantitative estimate of drug-likeness (QED) is 0.0243. The molecule has 0 saturated carbocycles. The maximum atomic E-state index is 14.2. The average Bonchev–Trinajstić information content (AvgIpc) is 4.13. The van der Waals surface area contributed by atoms with E-state index in [1.54, 1.807) is 0 Å². The van der Waals surface area contributed by atoms with Crippen LogP contribution in [-0.4, -0.2) is 161 Å². The molecule has 1 amide bonds. The lowest BCUT2D eigenvalue weighted by Gasteiger charge is -2.35. The number of ether oxygens (including phenoxy) is 4. The van der Waals surface area contributed by atoms with E-state index in [9.17, 15) is 72.3 Å². The Morgan fingerprint density at radius 2 is 1.53 bits per heavy atom. The fourth-order valence-corrected chi connectivity index (χ4v) is 14.1. The number of fused-ring (bicyclic) bond motifs is 2. The van der Waals surface area contributed by atoms with Gasteiger partial charge < -0.3 is 79.7 Å². The Balaban J connectivity index is 0.963. The Hall–Kier alpha value is -5.07. The summed E-state index contributed by atoms with van der Waals surface area (Å²) >= 11 is 0. The molecular weight excluding hydrogens is 1110 g/mol. The Morgan fingerprint density at radius 1 is 0.868 bits per heavy atom. The van der Waals surface area contributed by atoms with Gasteiger partial charge in [-0.05, 0) is 6.42 Å². The van der Waals surface area contributed by atoms with Crippen molar-refractivity contribution in [3.8, 4) is 0 Å². The van der Waals surface area contributed by atoms with E-state index in [1.165, 1.54) is 29.4 Å². The topological polar surface area (TPSA) is 530 Å². The lowest BCUT2D eigenvalue weighted by Crippen LogP contribution is -2.45. The van der Waals surface area contributed by atoms with Gasteiger partial charge in [0.25, 0.3) is 17.1 Å². The molecule has 0 bridgehead atoms. The van der Waals surface area contributed by atoms with Crippen molar-refractivity contribution < 1.29 is 104 Å². The standard InChI is InChI=1S/C35H49N13O24P4/c1-14(49)38-6-4-15-16(68-31(22(15)51)48-13-45(2)21-29(48)43-34(37)44-30(21)54)8-66-74(58,59)71-76(62,63)72-75(60,61)67-10-18-26(25(64-3)33(70-18)47-12-41-20-27(36)39-11-40-28(20)47)73(56,57)65-9-17-23(52)24(53)32(69-17)46-7-5-19(50)42-35(46)55/h5,7,11-13,15-18,22-26,31-33,51-53H,4,6,8-10H2,1-3H3,(H10-,36,37,38,39,40,42,43,44,49,50,54,55,56,57,58,59,60,61,62,63)/t15-,16-,17-,18-,22-,23-,24-,25-,26-,31-,32-,33-/m1/s1. The van der Waals surface area contributed by atoms with Crippen LogP contribution in [0.4, 0.5) is 11.8 Å². The van der Waals surface area contributed by atoms with Gasteiger partial charge in [0.1, 0.15) is 50.0 Å². The molecule has 8 heterocycles. The van der Waals surface area contributed by atoms with Crippen molar-refractivity contribution in [1.82, 2.24) is 48.9 Å². The number of phosphoric ester groups is 2. The summed E-state index contributed by atoms with van der Waals surface area (Å²) in [6, 6.07) is 0.913. The van der Waals surface area contributed by atoms with E-state index in [4.69, 9.17) is 44.0 Å². The SMILES string of the molecule is CO[C@@H]1[C@H](P(=O)([O-])OC[C@H]2O[C@@H](n3ccc(=O)[nH]c3=O)[C@H](O)[C@@H]2O)[C@@H](COP(=O)(O)OP(=O)(O)OP(=O)(O)OC[C@H]2O[C@@H]([n+]3cn(C)c4c(=O)[nH]c(N)nc43)[C@H](O)[C@@H]2CCNC(C)=O)O[C@H]1n1cnc2c(N)ncnc21. The van der Waals surface area contributed by atoms with Gasteiger partial charge in [-0.1, -0.05) is 4.98 Å². The van der Waals surface area contributed by atoms with Crippen molar-refractivity contribution >= 4 is 71.1 Å². The van der Waals surface area contributed by atoms with Crippen molar-refractivity contribution in [1.29, 1.82) is 0 Å². The van der Waals surface area contributed by atoms with Gasteiger partial charge in [0.15, 0.2) is 30.2 Å². The normalized spacial score (nSPS) is 30.0. The minimum Gasteiger partial charge on any atom is -0.778 e. The molecule has 418 valence electrons. The maximum Gasteiger partial charge on any atom is 0.490 e.